The Morgan fingerprint density at radius 2 is 2.00 bits per heavy atom. The van der Waals surface area contributed by atoms with Crippen LogP contribution in [0.25, 0.3) is 0 Å². The lowest BCUT2D eigenvalue weighted by atomic mass is 9.99. The molecule has 0 bridgehead atoms. The van der Waals surface area contributed by atoms with E-state index in [2.05, 4.69) is 10.2 Å². The first-order valence-electron chi connectivity index (χ1n) is 7.38. The Labute approximate surface area is 125 Å². The van der Waals surface area contributed by atoms with Gasteiger partial charge in [-0.1, -0.05) is 6.42 Å². The predicted octanol–water partition coefficient (Wildman–Crippen LogP) is 0.955. The number of piperidine rings is 1. The van der Waals surface area contributed by atoms with Crippen LogP contribution in [0.1, 0.15) is 25.7 Å². The third-order valence-electron chi connectivity index (χ3n) is 4.55. The van der Waals surface area contributed by atoms with E-state index in [1.807, 2.05) is 0 Å². The molecule has 116 valence electrons. The van der Waals surface area contributed by atoms with Crippen molar-refractivity contribution in [2.24, 2.45) is 5.14 Å². The number of rotatable bonds is 3. The number of sulfonamides is 1. The van der Waals surface area contributed by atoms with E-state index in [9.17, 15) is 8.42 Å². The third-order valence-corrected chi connectivity index (χ3v) is 5.46. The zero-order valence-electron chi connectivity index (χ0n) is 12.0. The van der Waals surface area contributed by atoms with Gasteiger partial charge in [0.25, 0.3) is 0 Å². The molecule has 0 amide bonds. The van der Waals surface area contributed by atoms with Gasteiger partial charge >= 0.3 is 0 Å². The van der Waals surface area contributed by atoms with E-state index >= 15 is 0 Å². The van der Waals surface area contributed by atoms with Crippen molar-refractivity contribution in [1.29, 1.82) is 0 Å². The molecule has 2 aliphatic heterocycles. The van der Waals surface area contributed by atoms with Crippen molar-refractivity contribution in [3.63, 3.8) is 0 Å². The average Bonchev–Trinajstić information content (AvgIpc) is 2.83. The number of nitrogens with zero attached hydrogens (tertiary/aromatic N) is 1. The number of fused-ring (bicyclic) bond motifs is 1. The summed E-state index contributed by atoms with van der Waals surface area (Å²) in [4.78, 5) is 2.59. The highest BCUT2D eigenvalue weighted by molar-refractivity contribution is 7.89. The number of benzene rings is 1. The second-order valence-corrected chi connectivity index (χ2v) is 7.49. The number of nitrogens with two attached hydrogens (primary N) is 2. The summed E-state index contributed by atoms with van der Waals surface area (Å²) < 4.78 is 22.6. The minimum absolute atomic E-state index is 0.0521. The summed E-state index contributed by atoms with van der Waals surface area (Å²) in [6.07, 6.45) is 4.88. The van der Waals surface area contributed by atoms with Crippen molar-refractivity contribution < 1.29 is 8.42 Å². The number of nitrogen functional groups attached to an aromatic ring is 1. The van der Waals surface area contributed by atoms with Gasteiger partial charge in [-0.3, -0.25) is 4.90 Å². The summed E-state index contributed by atoms with van der Waals surface area (Å²) in [6.45, 7) is 2.31. The molecule has 7 heteroatoms. The Morgan fingerprint density at radius 3 is 2.71 bits per heavy atom. The van der Waals surface area contributed by atoms with Gasteiger partial charge in [0.15, 0.2) is 0 Å². The molecule has 2 atom stereocenters. The van der Waals surface area contributed by atoms with Gasteiger partial charge in [0.1, 0.15) is 0 Å². The van der Waals surface area contributed by atoms with Crippen molar-refractivity contribution >= 4 is 21.4 Å². The van der Waals surface area contributed by atoms with Crippen LogP contribution >= 0.6 is 0 Å². The van der Waals surface area contributed by atoms with Gasteiger partial charge in [-0.25, -0.2) is 13.6 Å². The van der Waals surface area contributed by atoms with Crippen molar-refractivity contribution in [3.05, 3.63) is 18.2 Å². The van der Waals surface area contributed by atoms with Crippen molar-refractivity contribution in [2.45, 2.75) is 42.7 Å². The van der Waals surface area contributed by atoms with E-state index in [1.54, 1.807) is 6.07 Å². The molecular formula is C14H22N4O2S. The van der Waals surface area contributed by atoms with Crippen LogP contribution in [0.5, 0.6) is 0 Å². The first-order chi connectivity index (χ1) is 9.95. The van der Waals surface area contributed by atoms with Crippen LogP contribution in [-0.4, -0.2) is 38.5 Å². The topological polar surface area (TPSA) is 101 Å². The maximum atomic E-state index is 11.3. The van der Waals surface area contributed by atoms with Crippen LogP contribution in [0.4, 0.5) is 11.4 Å². The number of nitrogens with one attached hydrogen (secondary N) is 1. The molecule has 21 heavy (non-hydrogen) atoms. The molecule has 0 saturated carbocycles. The molecule has 2 heterocycles. The molecule has 6 nitrogen and oxygen atoms in total. The van der Waals surface area contributed by atoms with E-state index in [-0.39, 0.29) is 4.90 Å². The summed E-state index contributed by atoms with van der Waals surface area (Å²) >= 11 is 0. The van der Waals surface area contributed by atoms with Gasteiger partial charge in [-0.05, 0) is 44.0 Å². The molecule has 1 aromatic rings. The van der Waals surface area contributed by atoms with Gasteiger partial charge in [-0.15, -0.1) is 0 Å². The van der Waals surface area contributed by atoms with E-state index in [0.29, 0.717) is 17.8 Å². The fourth-order valence-corrected chi connectivity index (χ4v) is 4.01. The normalized spacial score (nSPS) is 26.5. The van der Waals surface area contributed by atoms with E-state index in [4.69, 9.17) is 10.9 Å². The predicted molar refractivity (Wildman–Crippen MR) is 83.5 cm³/mol. The van der Waals surface area contributed by atoms with E-state index < -0.39 is 10.0 Å². The lowest BCUT2D eigenvalue weighted by molar-refractivity contribution is 0.193. The van der Waals surface area contributed by atoms with Gasteiger partial charge < -0.3 is 11.1 Å². The molecule has 3 rings (SSSR count). The van der Waals surface area contributed by atoms with Crippen LogP contribution < -0.4 is 16.2 Å². The Morgan fingerprint density at radius 1 is 1.19 bits per heavy atom. The SMILES string of the molecule is Nc1cc(S(N)(=O)=O)ccc1NC1CCN2CCCCC12. The Balaban J connectivity index is 1.76. The fourth-order valence-electron chi connectivity index (χ4n) is 3.46. The molecule has 0 aliphatic carbocycles. The largest absolute Gasteiger partial charge is 0.397 e. The second-order valence-electron chi connectivity index (χ2n) is 5.93. The number of hydrogen-bond donors (Lipinski definition) is 3. The third kappa shape index (κ3) is 3.00. The van der Waals surface area contributed by atoms with Gasteiger partial charge in [0.05, 0.1) is 16.3 Å². The number of hydrogen-bond acceptors (Lipinski definition) is 5. The van der Waals surface area contributed by atoms with Gasteiger partial charge in [0, 0.05) is 18.6 Å². The van der Waals surface area contributed by atoms with Crippen molar-refractivity contribution in [3.8, 4) is 0 Å². The van der Waals surface area contributed by atoms with Crippen LogP contribution in [-0.2, 0) is 10.0 Å². The first-order valence-corrected chi connectivity index (χ1v) is 8.93. The monoisotopic (exact) mass is 310 g/mol. The zero-order chi connectivity index (χ0) is 15.0. The Kier molecular flexibility index (Phi) is 3.81. The average molecular weight is 310 g/mol. The molecule has 0 aromatic heterocycles. The van der Waals surface area contributed by atoms with E-state index in [1.165, 1.54) is 37.9 Å². The summed E-state index contributed by atoms with van der Waals surface area (Å²) in [5.41, 5.74) is 7.19. The Bertz CT molecular complexity index is 632. The summed E-state index contributed by atoms with van der Waals surface area (Å²) in [6, 6.07) is 5.58. The fraction of sp³-hybridized carbons (Fsp3) is 0.571. The molecular weight excluding hydrogens is 288 g/mol. The summed E-state index contributed by atoms with van der Waals surface area (Å²) in [7, 11) is -3.70. The summed E-state index contributed by atoms with van der Waals surface area (Å²) in [5, 5.41) is 8.60. The zero-order valence-corrected chi connectivity index (χ0v) is 12.8. The minimum atomic E-state index is -3.70. The van der Waals surface area contributed by atoms with Crippen LogP contribution in [0.15, 0.2) is 23.1 Å². The number of anilines is 2. The minimum Gasteiger partial charge on any atom is -0.397 e. The van der Waals surface area contributed by atoms with Crippen molar-refractivity contribution in [2.75, 3.05) is 24.1 Å². The van der Waals surface area contributed by atoms with Crippen LogP contribution in [0, 0.1) is 0 Å². The molecule has 0 radical (unpaired) electrons. The molecule has 2 unspecified atom stereocenters. The maximum absolute atomic E-state index is 11.3. The van der Waals surface area contributed by atoms with Gasteiger partial charge in [0.2, 0.25) is 10.0 Å². The maximum Gasteiger partial charge on any atom is 0.238 e. The van der Waals surface area contributed by atoms with Crippen LogP contribution in [0.3, 0.4) is 0 Å². The Hall–Kier alpha value is -1.31. The highest BCUT2D eigenvalue weighted by Gasteiger charge is 2.35. The van der Waals surface area contributed by atoms with Crippen molar-refractivity contribution in [1.82, 2.24) is 4.90 Å². The lowest BCUT2D eigenvalue weighted by Crippen LogP contribution is -2.41. The molecule has 2 aliphatic rings. The lowest BCUT2D eigenvalue weighted by Gasteiger charge is -2.33. The summed E-state index contributed by atoms with van der Waals surface area (Å²) in [5.74, 6) is 0. The van der Waals surface area contributed by atoms with E-state index in [0.717, 1.165) is 18.7 Å². The highest BCUT2D eigenvalue weighted by Crippen LogP contribution is 2.31. The highest BCUT2D eigenvalue weighted by atomic mass is 32.2. The number of primary sulfonamides is 1. The smallest absolute Gasteiger partial charge is 0.238 e. The molecule has 1 aromatic carbocycles. The quantitative estimate of drug-likeness (QED) is 0.722. The standard InChI is InChI=1S/C14H22N4O2S/c15-11-9-10(21(16,19)20)4-5-12(11)17-13-6-8-18-7-2-1-3-14(13)18/h4-5,9,13-14,17H,1-3,6-8,15H2,(H2,16,19,20). The molecule has 2 fully saturated rings. The second kappa shape index (κ2) is 5.47. The molecule has 0 spiro atoms. The first kappa shape index (κ1) is 14.6. The van der Waals surface area contributed by atoms with Gasteiger partial charge in [-0.2, -0.15) is 0 Å². The molecule has 5 N–H and O–H groups in total. The molecule has 2 saturated heterocycles. The van der Waals surface area contributed by atoms with Crippen LogP contribution in [0.2, 0.25) is 0 Å².